The number of para-hydroxylation sites is 4. The average Bonchev–Trinajstić information content (AvgIpc) is 3.33. The number of anilines is 2. The molecule has 0 bridgehead atoms. The van der Waals surface area contributed by atoms with Crippen LogP contribution in [-0.2, 0) is 27.6 Å². The monoisotopic (exact) mass is 892 g/mol. The van der Waals surface area contributed by atoms with Crippen LogP contribution in [0.25, 0.3) is 22.3 Å². The molecular formula is C56H50N2O5P2. The molecule has 0 spiro atoms. The van der Waals surface area contributed by atoms with Crippen molar-refractivity contribution in [1.29, 1.82) is 0 Å². The van der Waals surface area contributed by atoms with E-state index in [1.54, 1.807) is 6.07 Å². The Morgan fingerprint density at radius 1 is 0.477 bits per heavy atom. The maximum Gasteiger partial charge on any atom is 0.296 e. The zero-order valence-electron chi connectivity index (χ0n) is 36.7. The molecule has 0 amide bonds. The number of benzene rings is 8. The molecule has 0 aliphatic carbocycles. The van der Waals surface area contributed by atoms with E-state index >= 15 is 9.13 Å². The molecule has 10 rings (SSSR count). The third-order valence-corrected chi connectivity index (χ3v) is 17.6. The van der Waals surface area contributed by atoms with Crippen LogP contribution in [0.2, 0.25) is 0 Å². The summed E-state index contributed by atoms with van der Waals surface area (Å²) in [5, 5.41) is 12.9. The minimum absolute atomic E-state index is 0.102. The molecule has 2 aliphatic rings. The molecule has 0 fully saturated rings. The predicted molar refractivity (Wildman–Crippen MR) is 266 cm³/mol. The lowest BCUT2D eigenvalue weighted by Crippen LogP contribution is -2.31. The fraction of sp³-hybridized carbons (Fsp3) is 0.143. The van der Waals surface area contributed by atoms with Gasteiger partial charge < -0.3 is 24.0 Å². The Balaban J connectivity index is 0.963. The summed E-state index contributed by atoms with van der Waals surface area (Å²) in [6.07, 6.45) is 0.287. The number of aryl methyl sites for hydroxylation is 1. The quantitative estimate of drug-likeness (QED) is 0.122. The fourth-order valence-corrected chi connectivity index (χ4v) is 14.0. The summed E-state index contributed by atoms with van der Waals surface area (Å²) in [4.78, 5) is 4.23. The summed E-state index contributed by atoms with van der Waals surface area (Å²) < 4.78 is 43.4. The molecule has 2 heterocycles. The lowest BCUT2D eigenvalue weighted by molar-refractivity contribution is 0.465. The molecule has 7 nitrogen and oxygen atoms in total. The lowest BCUT2D eigenvalue weighted by Gasteiger charge is -2.35. The van der Waals surface area contributed by atoms with Gasteiger partial charge in [0.2, 0.25) is 0 Å². The zero-order chi connectivity index (χ0) is 44.8. The van der Waals surface area contributed by atoms with Crippen molar-refractivity contribution < 1.29 is 23.3 Å². The summed E-state index contributed by atoms with van der Waals surface area (Å²) in [6.45, 7) is 7.31. The number of phenols is 1. The molecule has 8 aromatic carbocycles. The molecular weight excluding hydrogens is 843 g/mol. The minimum atomic E-state index is -3.48. The Kier molecular flexibility index (Phi) is 11.0. The number of aromatic hydroxyl groups is 1. The van der Waals surface area contributed by atoms with Gasteiger partial charge >= 0.3 is 0 Å². The fourth-order valence-electron chi connectivity index (χ4n) is 9.24. The van der Waals surface area contributed by atoms with Crippen LogP contribution in [-0.4, -0.2) is 17.7 Å². The summed E-state index contributed by atoms with van der Waals surface area (Å²) >= 11 is 0. The Morgan fingerprint density at radius 3 is 1.38 bits per heavy atom. The van der Waals surface area contributed by atoms with Crippen molar-refractivity contribution in [2.75, 3.05) is 22.4 Å². The molecule has 8 aromatic rings. The maximum atomic E-state index is 15.2. The van der Waals surface area contributed by atoms with Crippen molar-refractivity contribution in [1.82, 2.24) is 0 Å². The molecule has 0 saturated heterocycles. The second-order valence-electron chi connectivity index (χ2n) is 17.5. The van der Waals surface area contributed by atoms with Gasteiger partial charge in [0.05, 0.1) is 10.6 Å². The molecule has 0 radical (unpaired) electrons. The number of fused-ring (bicyclic) bond motifs is 6. The number of phenolic OH excluding ortho intramolecular Hbond substituents is 1. The van der Waals surface area contributed by atoms with Gasteiger partial charge in [-0.25, -0.2) is 0 Å². The van der Waals surface area contributed by atoms with Gasteiger partial charge in [-0.2, -0.15) is 0 Å². The van der Waals surface area contributed by atoms with Crippen molar-refractivity contribution in [3.05, 3.63) is 222 Å². The molecule has 0 aromatic heterocycles. The van der Waals surface area contributed by atoms with Crippen molar-refractivity contribution in [3.63, 3.8) is 0 Å². The van der Waals surface area contributed by atoms with Gasteiger partial charge in [0.1, 0.15) is 29.8 Å². The Bertz CT molecular complexity index is 2940. The number of hydrogen-bond donors (Lipinski definition) is 1. The van der Waals surface area contributed by atoms with E-state index in [0.717, 1.165) is 61.2 Å². The van der Waals surface area contributed by atoms with E-state index in [2.05, 4.69) is 67.0 Å². The standard InChI is InChI=1S/C56H50N2O5P2/c1-40-30-31-43(34-41(40)36-57(45-18-6-4-7-19-45)38-64(60)54-28-16-12-24-49(54)47-22-10-14-26-52(47)62-64)56(2,3)44-32-33-51(59)42(35-44)37-58(46-20-8-5-9-21-46)39-65(61)55-29-17-13-25-50(55)48-23-11-15-27-53(48)63-65/h4-35,59H,36-39H2,1-3H3. The Morgan fingerprint density at radius 2 is 0.877 bits per heavy atom. The van der Waals surface area contributed by atoms with Crippen LogP contribution >= 0.6 is 14.7 Å². The summed E-state index contributed by atoms with van der Waals surface area (Å²) in [5.41, 5.74) is 10.1. The third-order valence-electron chi connectivity index (χ3n) is 12.9. The van der Waals surface area contributed by atoms with Gasteiger partial charge in [-0.15, -0.1) is 0 Å². The van der Waals surface area contributed by atoms with Crippen LogP contribution in [0, 0.1) is 6.92 Å². The van der Waals surface area contributed by atoms with E-state index in [9.17, 15) is 5.11 Å². The van der Waals surface area contributed by atoms with E-state index < -0.39 is 20.2 Å². The van der Waals surface area contributed by atoms with Gasteiger partial charge in [-0.1, -0.05) is 147 Å². The maximum absolute atomic E-state index is 15.2. The number of nitrogens with zero attached hydrogens (tertiary/aromatic N) is 2. The number of hydrogen-bond acceptors (Lipinski definition) is 7. The molecule has 2 aliphatic heterocycles. The van der Waals surface area contributed by atoms with Crippen LogP contribution in [0.5, 0.6) is 17.2 Å². The van der Waals surface area contributed by atoms with Crippen molar-refractivity contribution in [2.45, 2.75) is 39.3 Å². The normalized spacial score (nSPS) is 17.0. The molecule has 1 N–H and O–H groups in total. The Hall–Kier alpha value is -6.78. The summed E-state index contributed by atoms with van der Waals surface area (Å²) in [5.74, 6) is 1.40. The van der Waals surface area contributed by atoms with Crippen LogP contribution in [0.3, 0.4) is 0 Å². The van der Waals surface area contributed by atoms with Crippen LogP contribution in [0.1, 0.15) is 41.7 Å². The molecule has 2 atom stereocenters. The van der Waals surface area contributed by atoms with Crippen LogP contribution < -0.4 is 29.5 Å². The van der Waals surface area contributed by atoms with E-state index in [0.29, 0.717) is 28.9 Å². The van der Waals surface area contributed by atoms with Crippen molar-refractivity contribution in [2.24, 2.45) is 0 Å². The van der Waals surface area contributed by atoms with Gasteiger partial charge in [0.25, 0.3) is 14.7 Å². The van der Waals surface area contributed by atoms with Crippen molar-refractivity contribution in [3.8, 4) is 39.5 Å². The zero-order valence-corrected chi connectivity index (χ0v) is 38.5. The van der Waals surface area contributed by atoms with Gasteiger partial charge in [-0.3, -0.25) is 9.13 Å². The lowest BCUT2D eigenvalue weighted by atomic mass is 9.76. The molecule has 324 valence electrons. The molecule has 0 saturated carbocycles. The van der Waals surface area contributed by atoms with E-state index in [1.165, 1.54) is 0 Å². The number of rotatable bonds is 12. The average molecular weight is 893 g/mol. The first-order chi connectivity index (χ1) is 31.5. The first-order valence-electron chi connectivity index (χ1n) is 22.0. The largest absolute Gasteiger partial charge is 0.508 e. The van der Waals surface area contributed by atoms with E-state index in [-0.39, 0.29) is 24.9 Å². The third kappa shape index (κ3) is 8.05. The highest BCUT2D eigenvalue weighted by Gasteiger charge is 2.40. The highest BCUT2D eigenvalue weighted by Crippen LogP contribution is 2.57. The highest BCUT2D eigenvalue weighted by molar-refractivity contribution is 7.68. The second kappa shape index (κ2) is 17.0. The van der Waals surface area contributed by atoms with E-state index in [4.69, 9.17) is 9.05 Å². The van der Waals surface area contributed by atoms with Crippen LogP contribution in [0.15, 0.2) is 194 Å². The van der Waals surface area contributed by atoms with Gasteiger partial charge in [-0.05, 0) is 101 Å². The highest BCUT2D eigenvalue weighted by atomic mass is 31.2. The SMILES string of the molecule is Cc1ccc(C(C)(C)c2ccc(O)c(CN(CP3(=O)Oc4ccccc4-c4ccccc43)c3ccccc3)c2)cc1CN(CP1(=O)Oc2ccccc2-c2ccccc21)c1ccccc1. The van der Waals surface area contributed by atoms with Gasteiger partial charge in [0.15, 0.2) is 0 Å². The first kappa shape index (κ1) is 42.2. The summed E-state index contributed by atoms with van der Waals surface area (Å²) in [6, 6.07) is 63.7. The molecule has 9 heteroatoms. The van der Waals surface area contributed by atoms with Crippen molar-refractivity contribution >= 4 is 36.7 Å². The van der Waals surface area contributed by atoms with Crippen LogP contribution in [0.4, 0.5) is 11.4 Å². The van der Waals surface area contributed by atoms with Gasteiger partial charge in [0, 0.05) is 46.6 Å². The minimum Gasteiger partial charge on any atom is -0.508 e. The molecule has 2 unspecified atom stereocenters. The molecule has 65 heavy (non-hydrogen) atoms. The summed E-state index contributed by atoms with van der Waals surface area (Å²) in [7, 11) is -6.90. The smallest absolute Gasteiger partial charge is 0.296 e. The topological polar surface area (TPSA) is 79.3 Å². The van der Waals surface area contributed by atoms with E-state index in [1.807, 2.05) is 152 Å². The second-order valence-corrected chi connectivity index (χ2v) is 22.1. The Labute approximate surface area is 381 Å². The first-order valence-corrected chi connectivity index (χ1v) is 25.6. The predicted octanol–water partition coefficient (Wildman–Crippen LogP) is 13.3.